The van der Waals surface area contributed by atoms with E-state index in [1.54, 1.807) is 6.92 Å². The SMILES string of the molecule is CCOC(=O)C1=C(CSCC(=O)O)NC(=O)NC1. The van der Waals surface area contributed by atoms with E-state index in [4.69, 9.17) is 9.84 Å². The number of rotatable bonds is 6. The summed E-state index contributed by atoms with van der Waals surface area (Å²) in [6.07, 6.45) is 0. The highest BCUT2D eigenvalue weighted by Crippen LogP contribution is 2.13. The van der Waals surface area contributed by atoms with Crippen LogP contribution >= 0.6 is 11.8 Å². The molecule has 0 fully saturated rings. The van der Waals surface area contributed by atoms with Gasteiger partial charge in [-0.1, -0.05) is 0 Å². The van der Waals surface area contributed by atoms with Crippen LogP contribution in [-0.4, -0.2) is 47.7 Å². The molecule has 0 unspecified atom stereocenters. The number of carbonyl (C=O) groups is 3. The third kappa shape index (κ3) is 4.28. The molecular weight excluding hydrogens is 260 g/mol. The summed E-state index contributed by atoms with van der Waals surface area (Å²) in [6, 6.07) is -0.408. The van der Waals surface area contributed by atoms with Gasteiger partial charge < -0.3 is 20.5 Å². The van der Waals surface area contributed by atoms with Crippen molar-refractivity contribution in [1.29, 1.82) is 0 Å². The lowest BCUT2D eigenvalue weighted by Gasteiger charge is -2.20. The first kappa shape index (κ1) is 14.4. The van der Waals surface area contributed by atoms with Crippen molar-refractivity contribution >= 4 is 29.7 Å². The second kappa shape index (κ2) is 6.90. The molecule has 3 N–H and O–H groups in total. The van der Waals surface area contributed by atoms with Gasteiger partial charge in [-0.25, -0.2) is 9.59 Å². The summed E-state index contributed by atoms with van der Waals surface area (Å²) >= 11 is 1.10. The summed E-state index contributed by atoms with van der Waals surface area (Å²) in [7, 11) is 0. The van der Waals surface area contributed by atoms with Gasteiger partial charge in [-0.15, -0.1) is 11.8 Å². The van der Waals surface area contributed by atoms with Crippen molar-refractivity contribution in [3.05, 3.63) is 11.3 Å². The van der Waals surface area contributed by atoms with E-state index in [0.29, 0.717) is 11.3 Å². The number of carboxylic acids is 1. The van der Waals surface area contributed by atoms with Crippen LogP contribution in [0.2, 0.25) is 0 Å². The topological polar surface area (TPSA) is 105 Å². The number of urea groups is 1. The predicted molar refractivity (Wildman–Crippen MR) is 65.2 cm³/mol. The van der Waals surface area contributed by atoms with Gasteiger partial charge >= 0.3 is 18.0 Å². The van der Waals surface area contributed by atoms with Crippen molar-refractivity contribution in [2.45, 2.75) is 6.92 Å². The number of thioether (sulfide) groups is 1. The highest BCUT2D eigenvalue weighted by Gasteiger charge is 2.23. The van der Waals surface area contributed by atoms with E-state index in [1.165, 1.54) is 0 Å². The van der Waals surface area contributed by atoms with Gasteiger partial charge in [-0.2, -0.15) is 0 Å². The van der Waals surface area contributed by atoms with Crippen LogP contribution in [0, 0.1) is 0 Å². The normalized spacial score (nSPS) is 14.8. The second-order valence-electron chi connectivity index (χ2n) is 3.37. The molecule has 18 heavy (non-hydrogen) atoms. The van der Waals surface area contributed by atoms with Gasteiger partial charge in [0.1, 0.15) is 0 Å². The molecule has 0 aromatic heterocycles. The highest BCUT2D eigenvalue weighted by molar-refractivity contribution is 8.00. The zero-order chi connectivity index (χ0) is 13.5. The van der Waals surface area contributed by atoms with Crippen molar-refractivity contribution in [3.8, 4) is 0 Å². The fourth-order valence-corrected chi connectivity index (χ4v) is 2.04. The van der Waals surface area contributed by atoms with Crippen molar-refractivity contribution in [2.75, 3.05) is 24.7 Å². The van der Waals surface area contributed by atoms with Gasteiger partial charge in [0.2, 0.25) is 0 Å². The summed E-state index contributed by atoms with van der Waals surface area (Å²) in [4.78, 5) is 33.2. The summed E-state index contributed by atoms with van der Waals surface area (Å²) < 4.78 is 4.86. The lowest BCUT2D eigenvalue weighted by molar-refractivity contribution is -0.138. The van der Waals surface area contributed by atoms with Crippen LogP contribution in [0.15, 0.2) is 11.3 Å². The van der Waals surface area contributed by atoms with E-state index < -0.39 is 18.0 Å². The van der Waals surface area contributed by atoms with Gasteiger partial charge in [-0.3, -0.25) is 4.79 Å². The Morgan fingerprint density at radius 3 is 2.83 bits per heavy atom. The predicted octanol–water partition coefficient (Wildman–Crippen LogP) is -0.0658. The first-order valence-corrected chi connectivity index (χ1v) is 6.43. The van der Waals surface area contributed by atoms with Gasteiger partial charge in [0.05, 0.1) is 24.5 Å². The zero-order valence-electron chi connectivity index (χ0n) is 9.82. The number of hydrogen-bond acceptors (Lipinski definition) is 5. The van der Waals surface area contributed by atoms with Gasteiger partial charge in [0.25, 0.3) is 0 Å². The number of ether oxygens (including phenoxy) is 1. The fourth-order valence-electron chi connectivity index (χ4n) is 1.31. The van der Waals surface area contributed by atoms with E-state index in [0.717, 1.165) is 11.8 Å². The first-order valence-electron chi connectivity index (χ1n) is 5.28. The van der Waals surface area contributed by atoms with Gasteiger partial charge in [0, 0.05) is 11.4 Å². The van der Waals surface area contributed by atoms with Gasteiger partial charge in [0.15, 0.2) is 0 Å². The van der Waals surface area contributed by atoms with Crippen molar-refractivity contribution in [1.82, 2.24) is 10.6 Å². The molecule has 1 aliphatic heterocycles. The second-order valence-corrected chi connectivity index (χ2v) is 4.36. The molecule has 0 spiro atoms. The quantitative estimate of drug-likeness (QED) is 0.586. The summed E-state index contributed by atoms with van der Waals surface area (Å²) in [5.74, 6) is -1.30. The van der Waals surface area contributed by atoms with Crippen LogP contribution in [0.1, 0.15) is 6.92 Å². The molecule has 7 nitrogen and oxygen atoms in total. The number of hydrogen-bond donors (Lipinski definition) is 3. The Kier molecular flexibility index (Phi) is 5.50. The lowest BCUT2D eigenvalue weighted by atomic mass is 10.2. The molecule has 8 heteroatoms. The standard InChI is InChI=1S/C10H14N2O5S/c1-2-17-9(15)6-3-11-10(16)12-7(6)4-18-5-8(13)14/h2-5H2,1H3,(H,13,14)(H2,11,12,16). The van der Waals surface area contributed by atoms with Crippen molar-refractivity contribution in [2.24, 2.45) is 0 Å². The smallest absolute Gasteiger partial charge is 0.337 e. The minimum atomic E-state index is -0.946. The minimum absolute atomic E-state index is 0.0909. The Balaban J connectivity index is 2.71. The molecule has 0 bridgehead atoms. The molecule has 1 aliphatic rings. The third-order valence-electron chi connectivity index (χ3n) is 2.05. The molecule has 2 amide bonds. The Morgan fingerprint density at radius 2 is 2.22 bits per heavy atom. The van der Waals surface area contributed by atoms with E-state index in [9.17, 15) is 14.4 Å². The monoisotopic (exact) mass is 274 g/mol. The molecule has 0 saturated heterocycles. The van der Waals surface area contributed by atoms with E-state index in [-0.39, 0.29) is 24.7 Å². The van der Waals surface area contributed by atoms with Crippen LogP contribution in [0.5, 0.6) is 0 Å². The molecule has 0 aromatic rings. The number of nitrogens with one attached hydrogen (secondary N) is 2. The molecule has 1 rings (SSSR count). The maximum absolute atomic E-state index is 11.6. The molecule has 1 heterocycles. The first-order chi connectivity index (χ1) is 8.54. The molecule has 0 aliphatic carbocycles. The molecule has 0 radical (unpaired) electrons. The largest absolute Gasteiger partial charge is 0.481 e. The van der Waals surface area contributed by atoms with E-state index in [2.05, 4.69) is 10.6 Å². The number of amides is 2. The number of aliphatic carboxylic acids is 1. The Labute approximate surface area is 108 Å². The van der Waals surface area contributed by atoms with Crippen LogP contribution in [-0.2, 0) is 14.3 Å². The van der Waals surface area contributed by atoms with Crippen LogP contribution in [0.25, 0.3) is 0 Å². The maximum Gasteiger partial charge on any atom is 0.337 e. The summed E-state index contributed by atoms with van der Waals surface area (Å²) in [6.45, 7) is 2.02. The Morgan fingerprint density at radius 1 is 1.50 bits per heavy atom. The van der Waals surface area contributed by atoms with E-state index in [1.807, 2.05) is 0 Å². The minimum Gasteiger partial charge on any atom is -0.481 e. The molecule has 100 valence electrons. The van der Waals surface area contributed by atoms with Crippen LogP contribution < -0.4 is 10.6 Å². The van der Waals surface area contributed by atoms with Crippen molar-refractivity contribution in [3.63, 3.8) is 0 Å². The summed E-state index contributed by atoms with van der Waals surface area (Å²) in [5.41, 5.74) is 0.734. The average molecular weight is 274 g/mol. The third-order valence-corrected chi connectivity index (χ3v) is 2.99. The maximum atomic E-state index is 11.6. The molecule has 0 saturated carbocycles. The van der Waals surface area contributed by atoms with E-state index >= 15 is 0 Å². The molecule has 0 aromatic carbocycles. The van der Waals surface area contributed by atoms with Crippen molar-refractivity contribution < 1.29 is 24.2 Å². The Hall–Kier alpha value is -1.70. The fraction of sp³-hybridized carbons (Fsp3) is 0.500. The average Bonchev–Trinajstić information content (AvgIpc) is 2.29. The highest BCUT2D eigenvalue weighted by atomic mass is 32.2. The molecule has 0 atom stereocenters. The summed E-state index contributed by atoms with van der Waals surface area (Å²) in [5, 5.41) is 13.5. The number of carbonyl (C=O) groups excluding carboxylic acids is 2. The van der Waals surface area contributed by atoms with Crippen LogP contribution in [0.3, 0.4) is 0 Å². The number of esters is 1. The zero-order valence-corrected chi connectivity index (χ0v) is 10.6. The molecular formula is C10H14N2O5S. The number of carboxylic acid groups (broad SMARTS) is 1. The Bertz CT molecular complexity index is 394. The van der Waals surface area contributed by atoms with Crippen LogP contribution in [0.4, 0.5) is 4.79 Å². The lowest BCUT2D eigenvalue weighted by Crippen LogP contribution is -2.44. The van der Waals surface area contributed by atoms with Gasteiger partial charge in [-0.05, 0) is 6.92 Å².